The number of aromatic nitrogens is 1. The quantitative estimate of drug-likeness (QED) is 0.720. The zero-order valence-corrected chi connectivity index (χ0v) is 16.7. The van der Waals surface area contributed by atoms with Gasteiger partial charge in [0.2, 0.25) is 0 Å². The van der Waals surface area contributed by atoms with Crippen LogP contribution in [0.5, 0.6) is 5.75 Å². The van der Waals surface area contributed by atoms with E-state index >= 15 is 0 Å². The van der Waals surface area contributed by atoms with Crippen molar-refractivity contribution >= 4 is 28.1 Å². The number of ether oxygens (including phenoxy) is 1. The maximum atomic E-state index is 12.8. The van der Waals surface area contributed by atoms with Crippen molar-refractivity contribution in [2.75, 3.05) is 27.7 Å². The van der Waals surface area contributed by atoms with Crippen LogP contribution in [0.3, 0.4) is 0 Å². The second kappa shape index (κ2) is 7.51. The molecule has 1 aromatic carbocycles. The Morgan fingerprint density at radius 2 is 2.08 bits per heavy atom. The van der Waals surface area contributed by atoms with Crippen molar-refractivity contribution in [1.82, 2.24) is 14.8 Å². The van der Waals surface area contributed by atoms with Crippen molar-refractivity contribution < 1.29 is 9.53 Å². The van der Waals surface area contributed by atoms with E-state index in [9.17, 15) is 4.79 Å². The van der Waals surface area contributed by atoms with Crippen molar-refractivity contribution in [2.24, 2.45) is 7.05 Å². The smallest absolute Gasteiger partial charge is 0.267 e. The summed E-state index contributed by atoms with van der Waals surface area (Å²) in [7, 11) is 7.64. The predicted molar refractivity (Wildman–Crippen MR) is 107 cm³/mol. The van der Waals surface area contributed by atoms with E-state index in [0.29, 0.717) is 12.2 Å². The number of hydrogen-bond donors (Lipinski definition) is 1. The molecule has 2 heterocycles. The normalized spacial score (nSPS) is 12.5. The number of carbonyl (C=O) groups is 1. The summed E-state index contributed by atoms with van der Waals surface area (Å²) < 4.78 is 7.20. The van der Waals surface area contributed by atoms with Crippen LogP contribution in [0.1, 0.15) is 27.0 Å². The summed E-state index contributed by atoms with van der Waals surface area (Å²) in [6, 6.07) is 10.0. The van der Waals surface area contributed by atoms with Gasteiger partial charge in [0.25, 0.3) is 5.91 Å². The second-order valence-corrected chi connectivity index (χ2v) is 7.62. The maximum absolute atomic E-state index is 12.8. The molecular weight excluding hydrogens is 346 g/mol. The summed E-state index contributed by atoms with van der Waals surface area (Å²) in [6.07, 6.45) is 0. The van der Waals surface area contributed by atoms with Crippen LogP contribution in [0.25, 0.3) is 10.9 Å². The fraction of sp³-hybridized carbons (Fsp3) is 0.350. The monoisotopic (exact) mass is 371 g/mol. The Morgan fingerprint density at radius 1 is 1.31 bits per heavy atom. The fourth-order valence-electron chi connectivity index (χ4n) is 3.19. The Balaban J connectivity index is 1.80. The van der Waals surface area contributed by atoms with Gasteiger partial charge < -0.3 is 19.5 Å². The van der Waals surface area contributed by atoms with Crippen LogP contribution in [0, 0.1) is 6.92 Å². The molecule has 3 rings (SSSR count). The molecule has 1 amide bonds. The fourth-order valence-corrected chi connectivity index (χ4v) is 4.31. The highest BCUT2D eigenvalue weighted by Gasteiger charge is 2.20. The van der Waals surface area contributed by atoms with E-state index < -0.39 is 0 Å². The molecule has 1 N–H and O–H groups in total. The Morgan fingerprint density at radius 3 is 2.69 bits per heavy atom. The lowest BCUT2D eigenvalue weighted by atomic mass is 10.1. The summed E-state index contributed by atoms with van der Waals surface area (Å²) in [5.41, 5.74) is 2.92. The average Bonchev–Trinajstić information content (AvgIpc) is 3.18. The number of likely N-dealkylation sites (N-methyl/N-ethyl adjacent to an activating group) is 1. The molecule has 0 spiro atoms. The van der Waals surface area contributed by atoms with Crippen molar-refractivity contribution in [3.8, 4) is 5.75 Å². The van der Waals surface area contributed by atoms with E-state index in [1.54, 1.807) is 18.4 Å². The molecule has 0 fully saturated rings. The van der Waals surface area contributed by atoms with Crippen molar-refractivity contribution in [2.45, 2.75) is 13.0 Å². The van der Waals surface area contributed by atoms with Gasteiger partial charge in [-0.05, 0) is 62.3 Å². The standard InChI is InChI=1S/C20H25N3O2S/c1-13-8-9-26-19(13)18(22(2)3)12-21-20(24)17-11-14-10-15(25-5)6-7-16(14)23(17)4/h6-11,18H,12H2,1-5H3,(H,21,24)/t18-/m0/s1. The number of hydrogen-bond acceptors (Lipinski definition) is 4. The van der Waals surface area contributed by atoms with Gasteiger partial charge in [-0.25, -0.2) is 0 Å². The van der Waals surface area contributed by atoms with Gasteiger partial charge in [0.1, 0.15) is 11.4 Å². The first kappa shape index (κ1) is 18.5. The van der Waals surface area contributed by atoms with Gasteiger partial charge in [0, 0.05) is 29.4 Å². The van der Waals surface area contributed by atoms with Gasteiger partial charge in [-0.15, -0.1) is 11.3 Å². The third-order valence-corrected chi connectivity index (χ3v) is 5.89. The first-order valence-electron chi connectivity index (χ1n) is 8.54. The van der Waals surface area contributed by atoms with Crippen LogP contribution in [0.4, 0.5) is 0 Å². The molecule has 2 aromatic heterocycles. The summed E-state index contributed by atoms with van der Waals surface area (Å²) >= 11 is 1.73. The molecule has 0 radical (unpaired) electrons. The Kier molecular flexibility index (Phi) is 5.34. The topological polar surface area (TPSA) is 46.5 Å². The number of methoxy groups -OCH3 is 1. The third-order valence-electron chi connectivity index (χ3n) is 4.77. The third kappa shape index (κ3) is 3.48. The highest BCUT2D eigenvalue weighted by atomic mass is 32.1. The number of carbonyl (C=O) groups excluding carboxylic acids is 1. The highest BCUT2D eigenvalue weighted by Crippen LogP contribution is 2.27. The molecule has 0 aliphatic carbocycles. The number of rotatable bonds is 6. The van der Waals surface area contributed by atoms with Gasteiger partial charge in [0.15, 0.2) is 0 Å². The molecular formula is C20H25N3O2S. The lowest BCUT2D eigenvalue weighted by Gasteiger charge is -2.24. The zero-order valence-electron chi connectivity index (χ0n) is 15.9. The van der Waals surface area contributed by atoms with Crippen LogP contribution in [-0.2, 0) is 7.05 Å². The first-order chi connectivity index (χ1) is 12.4. The molecule has 3 aromatic rings. The van der Waals surface area contributed by atoms with Crippen LogP contribution < -0.4 is 10.1 Å². The minimum Gasteiger partial charge on any atom is -0.497 e. The van der Waals surface area contributed by atoms with E-state index in [2.05, 4.69) is 28.6 Å². The minimum absolute atomic E-state index is 0.0660. The van der Waals surface area contributed by atoms with Crippen LogP contribution in [-0.4, -0.2) is 43.1 Å². The minimum atomic E-state index is -0.0660. The molecule has 1 atom stereocenters. The molecule has 0 unspecified atom stereocenters. The lowest BCUT2D eigenvalue weighted by molar-refractivity contribution is 0.0934. The number of aryl methyl sites for hydroxylation is 2. The van der Waals surface area contributed by atoms with Gasteiger partial charge in [-0.2, -0.15) is 0 Å². The number of benzene rings is 1. The Bertz CT molecular complexity index is 926. The maximum Gasteiger partial charge on any atom is 0.267 e. The molecule has 5 nitrogen and oxygen atoms in total. The first-order valence-corrected chi connectivity index (χ1v) is 9.42. The average molecular weight is 372 g/mol. The molecule has 0 saturated heterocycles. The molecule has 138 valence electrons. The van der Waals surface area contributed by atoms with Crippen LogP contribution in [0.15, 0.2) is 35.7 Å². The van der Waals surface area contributed by atoms with E-state index in [-0.39, 0.29) is 11.9 Å². The lowest BCUT2D eigenvalue weighted by Crippen LogP contribution is -2.35. The number of nitrogens with one attached hydrogen (secondary N) is 1. The van der Waals surface area contributed by atoms with E-state index in [1.165, 1.54) is 10.4 Å². The summed E-state index contributed by atoms with van der Waals surface area (Å²) in [5.74, 6) is 0.722. The Labute approximate surface area is 158 Å². The summed E-state index contributed by atoms with van der Waals surface area (Å²) in [5, 5.41) is 6.19. The highest BCUT2D eigenvalue weighted by molar-refractivity contribution is 7.10. The molecule has 0 aliphatic heterocycles. The predicted octanol–water partition coefficient (Wildman–Crippen LogP) is 3.59. The number of fused-ring (bicyclic) bond motifs is 1. The van der Waals surface area contributed by atoms with Gasteiger partial charge in [0.05, 0.1) is 13.2 Å². The zero-order chi connectivity index (χ0) is 18.8. The SMILES string of the molecule is COc1ccc2c(c1)cc(C(=O)NC[C@@H](c1sccc1C)N(C)C)n2C. The Hall–Kier alpha value is -2.31. The van der Waals surface area contributed by atoms with Crippen LogP contribution >= 0.6 is 11.3 Å². The molecule has 0 bridgehead atoms. The van der Waals surface area contributed by atoms with Gasteiger partial charge in [-0.1, -0.05) is 0 Å². The molecule has 0 aliphatic rings. The largest absolute Gasteiger partial charge is 0.497 e. The van der Waals surface area contributed by atoms with E-state index in [0.717, 1.165) is 16.7 Å². The van der Waals surface area contributed by atoms with Crippen molar-refractivity contribution in [3.05, 3.63) is 51.8 Å². The second-order valence-electron chi connectivity index (χ2n) is 6.67. The number of thiophene rings is 1. The van der Waals surface area contributed by atoms with Gasteiger partial charge in [-0.3, -0.25) is 4.79 Å². The molecule has 26 heavy (non-hydrogen) atoms. The van der Waals surface area contributed by atoms with Crippen LogP contribution in [0.2, 0.25) is 0 Å². The molecule has 0 saturated carbocycles. The van der Waals surface area contributed by atoms with E-state index in [1.807, 2.05) is 50.0 Å². The van der Waals surface area contributed by atoms with Crippen molar-refractivity contribution in [1.29, 1.82) is 0 Å². The number of nitrogens with zero attached hydrogens (tertiary/aromatic N) is 2. The summed E-state index contributed by atoms with van der Waals surface area (Å²) in [6.45, 7) is 2.68. The number of amides is 1. The molecule has 6 heteroatoms. The summed E-state index contributed by atoms with van der Waals surface area (Å²) in [4.78, 5) is 16.2. The van der Waals surface area contributed by atoms with E-state index in [4.69, 9.17) is 4.74 Å². The van der Waals surface area contributed by atoms with Crippen molar-refractivity contribution in [3.63, 3.8) is 0 Å². The van der Waals surface area contributed by atoms with Gasteiger partial charge >= 0.3 is 0 Å².